The zero-order valence-corrected chi connectivity index (χ0v) is 12.3. The van der Waals surface area contributed by atoms with Crippen LogP contribution in [0.4, 0.5) is 4.79 Å². The van der Waals surface area contributed by atoms with Crippen LogP contribution in [0.2, 0.25) is 0 Å². The second-order valence-corrected chi connectivity index (χ2v) is 6.16. The molecule has 2 aliphatic rings. The van der Waals surface area contributed by atoms with Crippen LogP contribution < -0.4 is 5.32 Å². The summed E-state index contributed by atoms with van der Waals surface area (Å²) in [6, 6.07) is -0.0215. The molecule has 2 amide bonds. The fourth-order valence-electron chi connectivity index (χ4n) is 3.41. The van der Waals surface area contributed by atoms with E-state index in [9.17, 15) is 9.59 Å². The number of carboxylic acids is 1. The highest BCUT2D eigenvalue weighted by Gasteiger charge is 2.38. The van der Waals surface area contributed by atoms with Gasteiger partial charge in [-0.3, -0.25) is 4.79 Å². The monoisotopic (exact) mass is 282 g/mol. The smallest absolute Gasteiger partial charge is 0.317 e. The fourth-order valence-corrected chi connectivity index (χ4v) is 3.41. The quantitative estimate of drug-likeness (QED) is 0.818. The van der Waals surface area contributed by atoms with E-state index >= 15 is 0 Å². The summed E-state index contributed by atoms with van der Waals surface area (Å²) >= 11 is 0. The Kier molecular flexibility index (Phi) is 5.26. The Labute approximate surface area is 120 Å². The van der Waals surface area contributed by atoms with Gasteiger partial charge in [-0.1, -0.05) is 32.1 Å². The Morgan fingerprint density at radius 3 is 2.20 bits per heavy atom. The number of hydrogen-bond acceptors (Lipinski definition) is 2. The van der Waals surface area contributed by atoms with Crippen molar-refractivity contribution >= 4 is 12.0 Å². The van der Waals surface area contributed by atoms with Gasteiger partial charge in [0.15, 0.2) is 0 Å². The molecule has 2 fully saturated rings. The number of nitrogens with zero attached hydrogens (tertiary/aromatic N) is 1. The van der Waals surface area contributed by atoms with Crippen LogP contribution in [-0.4, -0.2) is 40.6 Å². The summed E-state index contributed by atoms with van der Waals surface area (Å²) in [5.74, 6) is -1.21. The van der Waals surface area contributed by atoms with Crippen molar-refractivity contribution in [3.8, 4) is 0 Å². The van der Waals surface area contributed by atoms with Gasteiger partial charge in [0.05, 0.1) is 5.92 Å². The third kappa shape index (κ3) is 3.64. The van der Waals surface area contributed by atoms with E-state index in [0.29, 0.717) is 13.0 Å². The molecule has 0 spiro atoms. The van der Waals surface area contributed by atoms with Gasteiger partial charge in [-0.2, -0.15) is 0 Å². The SMILES string of the molecule is CC1C(C(=O)O)CCN1C(=O)NC1CCCCCCC1. The molecule has 114 valence electrons. The molecule has 2 unspecified atom stereocenters. The molecule has 0 radical (unpaired) electrons. The van der Waals surface area contributed by atoms with E-state index < -0.39 is 11.9 Å². The summed E-state index contributed by atoms with van der Waals surface area (Å²) in [4.78, 5) is 25.1. The van der Waals surface area contributed by atoms with Crippen LogP contribution in [0.1, 0.15) is 58.3 Å². The maximum Gasteiger partial charge on any atom is 0.317 e. The van der Waals surface area contributed by atoms with Crippen LogP contribution in [-0.2, 0) is 4.79 Å². The highest BCUT2D eigenvalue weighted by atomic mass is 16.4. The number of urea groups is 1. The fraction of sp³-hybridized carbons (Fsp3) is 0.867. The molecule has 1 saturated carbocycles. The minimum Gasteiger partial charge on any atom is -0.481 e. The van der Waals surface area contributed by atoms with Crippen molar-refractivity contribution in [1.82, 2.24) is 10.2 Å². The molecule has 1 saturated heterocycles. The van der Waals surface area contributed by atoms with Gasteiger partial charge in [-0.25, -0.2) is 4.79 Å². The van der Waals surface area contributed by atoms with E-state index in [4.69, 9.17) is 5.11 Å². The van der Waals surface area contributed by atoms with Gasteiger partial charge in [0.2, 0.25) is 0 Å². The summed E-state index contributed by atoms with van der Waals surface area (Å²) in [5.41, 5.74) is 0. The van der Waals surface area contributed by atoms with Crippen molar-refractivity contribution in [3.05, 3.63) is 0 Å². The molecule has 0 bridgehead atoms. The minimum atomic E-state index is -0.793. The standard InChI is InChI=1S/C15H26N2O3/c1-11-13(14(18)19)9-10-17(11)15(20)16-12-7-5-3-2-4-6-8-12/h11-13H,2-10H2,1H3,(H,16,20)(H,18,19). The van der Waals surface area contributed by atoms with Crippen LogP contribution >= 0.6 is 0 Å². The van der Waals surface area contributed by atoms with Crippen molar-refractivity contribution < 1.29 is 14.7 Å². The van der Waals surface area contributed by atoms with Gasteiger partial charge in [-0.15, -0.1) is 0 Å². The van der Waals surface area contributed by atoms with Crippen molar-refractivity contribution in [2.24, 2.45) is 5.92 Å². The van der Waals surface area contributed by atoms with E-state index in [0.717, 1.165) is 12.8 Å². The zero-order valence-electron chi connectivity index (χ0n) is 12.3. The Hall–Kier alpha value is -1.26. The predicted octanol–water partition coefficient (Wildman–Crippen LogP) is 2.60. The van der Waals surface area contributed by atoms with Crippen LogP contribution in [0.15, 0.2) is 0 Å². The maximum atomic E-state index is 12.3. The molecule has 2 N–H and O–H groups in total. The number of carboxylic acid groups (broad SMARTS) is 1. The normalized spacial score (nSPS) is 28.8. The molecule has 5 heteroatoms. The Bertz CT molecular complexity index is 351. The highest BCUT2D eigenvalue weighted by molar-refractivity contribution is 5.78. The van der Waals surface area contributed by atoms with Crippen LogP contribution in [0, 0.1) is 5.92 Å². The van der Waals surface area contributed by atoms with E-state index in [1.165, 1.54) is 32.1 Å². The molecule has 0 aromatic carbocycles. The molecular weight excluding hydrogens is 256 g/mol. The Morgan fingerprint density at radius 1 is 1.05 bits per heavy atom. The molecule has 0 aromatic heterocycles. The number of likely N-dealkylation sites (tertiary alicyclic amines) is 1. The lowest BCUT2D eigenvalue weighted by Gasteiger charge is -2.28. The summed E-state index contributed by atoms with van der Waals surface area (Å²) in [5, 5.41) is 12.2. The number of aliphatic carboxylic acids is 1. The molecule has 1 aliphatic carbocycles. The minimum absolute atomic E-state index is 0.0770. The van der Waals surface area contributed by atoms with Crippen LogP contribution in [0.5, 0.6) is 0 Å². The van der Waals surface area contributed by atoms with E-state index in [1.54, 1.807) is 4.90 Å². The van der Waals surface area contributed by atoms with E-state index in [-0.39, 0.29) is 18.1 Å². The lowest BCUT2D eigenvalue weighted by Crippen LogP contribution is -2.47. The molecule has 2 atom stereocenters. The average Bonchev–Trinajstić information content (AvgIpc) is 2.74. The van der Waals surface area contributed by atoms with E-state index in [1.807, 2.05) is 6.92 Å². The van der Waals surface area contributed by atoms with Gasteiger partial charge in [0, 0.05) is 18.6 Å². The molecular formula is C15H26N2O3. The van der Waals surface area contributed by atoms with Crippen molar-refractivity contribution in [1.29, 1.82) is 0 Å². The van der Waals surface area contributed by atoms with Crippen molar-refractivity contribution in [3.63, 3.8) is 0 Å². The third-order valence-electron chi connectivity index (χ3n) is 4.77. The Morgan fingerprint density at radius 2 is 1.65 bits per heavy atom. The Balaban J connectivity index is 1.86. The summed E-state index contributed by atoms with van der Waals surface area (Å²) in [6.45, 7) is 2.39. The topological polar surface area (TPSA) is 69.6 Å². The number of carbonyl (C=O) groups excluding carboxylic acids is 1. The average molecular weight is 282 g/mol. The van der Waals surface area contributed by atoms with Gasteiger partial charge in [0.1, 0.15) is 0 Å². The number of amides is 2. The lowest BCUT2D eigenvalue weighted by atomic mass is 9.97. The number of nitrogens with one attached hydrogen (secondary N) is 1. The van der Waals surface area contributed by atoms with Crippen molar-refractivity contribution in [2.75, 3.05) is 6.54 Å². The third-order valence-corrected chi connectivity index (χ3v) is 4.77. The van der Waals surface area contributed by atoms with Gasteiger partial charge < -0.3 is 15.3 Å². The number of carbonyl (C=O) groups is 2. The van der Waals surface area contributed by atoms with Crippen molar-refractivity contribution in [2.45, 2.75) is 70.4 Å². The van der Waals surface area contributed by atoms with Crippen LogP contribution in [0.3, 0.4) is 0 Å². The molecule has 5 nitrogen and oxygen atoms in total. The molecule has 20 heavy (non-hydrogen) atoms. The predicted molar refractivity (Wildman–Crippen MR) is 76.5 cm³/mol. The largest absolute Gasteiger partial charge is 0.481 e. The second-order valence-electron chi connectivity index (χ2n) is 6.16. The molecule has 1 heterocycles. The van der Waals surface area contributed by atoms with Gasteiger partial charge in [0.25, 0.3) is 0 Å². The molecule has 1 aliphatic heterocycles. The summed E-state index contributed by atoms with van der Waals surface area (Å²) in [7, 11) is 0. The zero-order chi connectivity index (χ0) is 14.5. The van der Waals surface area contributed by atoms with Crippen LogP contribution in [0.25, 0.3) is 0 Å². The van der Waals surface area contributed by atoms with E-state index in [2.05, 4.69) is 5.32 Å². The highest BCUT2D eigenvalue weighted by Crippen LogP contribution is 2.25. The molecule has 2 rings (SSSR count). The number of rotatable bonds is 2. The summed E-state index contributed by atoms with van der Waals surface area (Å²) in [6.07, 6.45) is 8.85. The van der Waals surface area contributed by atoms with Gasteiger partial charge in [-0.05, 0) is 26.2 Å². The molecule has 0 aromatic rings. The lowest BCUT2D eigenvalue weighted by molar-refractivity contribution is -0.142. The summed E-state index contributed by atoms with van der Waals surface area (Å²) < 4.78 is 0. The first-order valence-electron chi connectivity index (χ1n) is 7.89. The number of hydrogen-bond donors (Lipinski definition) is 2. The first-order valence-corrected chi connectivity index (χ1v) is 7.89. The van der Waals surface area contributed by atoms with Gasteiger partial charge >= 0.3 is 12.0 Å². The second kappa shape index (κ2) is 6.95. The maximum absolute atomic E-state index is 12.3. The first-order chi connectivity index (χ1) is 9.59. The first kappa shape index (κ1) is 15.1.